The maximum absolute atomic E-state index is 11.3. The highest BCUT2D eigenvalue weighted by molar-refractivity contribution is 7.90. The maximum Gasteiger partial charge on any atom is 0.177 e. The first-order valence-corrected chi connectivity index (χ1v) is 6.73. The Labute approximate surface area is 99.3 Å². The van der Waals surface area contributed by atoms with Crippen molar-refractivity contribution in [1.29, 1.82) is 0 Å². The zero-order valence-electron chi connectivity index (χ0n) is 9.16. The molecule has 0 aromatic carbocycles. The standard InChI is InChI=1S/C11H11N3O2S/c1-17(15,16)8-2-3-11(14-6-8)9-4-5-13-7-10(9)12/h2-7H,12H2,1H3. The van der Waals surface area contributed by atoms with Gasteiger partial charge in [0.15, 0.2) is 9.84 Å². The summed E-state index contributed by atoms with van der Waals surface area (Å²) in [5, 5.41) is 0. The molecule has 0 bridgehead atoms. The van der Waals surface area contributed by atoms with E-state index in [2.05, 4.69) is 9.97 Å². The largest absolute Gasteiger partial charge is 0.397 e. The highest BCUT2D eigenvalue weighted by Gasteiger charge is 2.09. The number of hydrogen-bond donors (Lipinski definition) is 1. The molecule has 17 heavy (non-hydrogen) atoms. The van der Waals surface area contributed by atoms with Crippen LogP contribution in [-0.4, -0.2) is 24.6 Å². The van der Waals surface area contributed by atoms with Gasteiger partial charge in [-0.3, -0.25) is 9.97 Å². The molecule has 2 rings (SSSR count). The minimum Gasteiger partial charge on any atom is -0.397 e. The summed E-state index contributed by atoms with van der Waals surface area (Å²) < 4.78 is 22.5. The number of rotatable bonds is 2. The summed E-state index contributed by atoms with van der Waals surface area (Å²) in [6.45, 7) is 0. The van der Waals surface area contributed by atoms with Crippen LogP contribution in [0.4, 0.5) is 5.69 Å². The number of sulfone groups is 1. The molecular formula is C11H11N3O2S. The van der Waals surface area contributed by atoms with Crippen LogP contribution in [0.2, 0.25) is 0 Å². The van der Waals surface area contributed by atoms with Crippen molar-refractivity contribution < 1.29 is 8.42 Å². The van der Waals surface area contributed by atoms with E-state index in [1.807, 2.05) is 0 Å². The highest BCUT2D eigenvalue weighted by Crippen LogP contribution is 2.23. The molecule has 2 aromatic heterocycles. The van der Waals surface area contributed by atoms with E-state index in [1.54, 1.807) is 18.3 Å². The van der Waals surface area contributed by atoms with Crippen LogP contribution in [0.1, 0.15) is 0 Å². The van der Waals surface area contributed by atoms with E-state index in [4.69, 9.17) is 5.73 Å². The van der Waals surface area contributed by atoms with Crippen molar-refractivity contribution in [2.75, 3.05) is 12.0 Å². The molecule has 0 unspecified atom stereocenters. The lowest BCUT2D eigenvalue weighted by Gasteiger charge is -2.04. The first-order valence-electron chi connectivity index (χ1n) is 4.84. The normalized spacial score (nSPS) is 11.4. The molecule has 0 aliphatic rings. The zero-order chi connectivity index (χ0) is 12.5. The van der Waals surface area contributed by atoms with Crippen LogP contribution in [0.3, 0.4) is 0 Å². The second-order valence-electron chi connectivity index (χ2n) is 3.61. The Balaban J connectivity index is 2.47. The van der Waals surface area contributed by atoms with Gasteiger partial charge in [-0.1, -0.05) is 0 Å². The molecular weight excluding hydrogens is 238 g/mol. The van der Waals surface area contributed by atoms with E-state index in [0.29, 0.717) is 11.4 Å². The van der Waals surface area contributed by atoms with E-state index in [1.165, 1.54) is 18.5 Å². The van der Waals surface area contributed by atoms with E-state index < -0.39 is 9.84 Å². The average Bonchev–Trinajstić information content (AvgIpc) is 2.29. The number of nitrogens with two attached hydrogens (primary N) is 1. The predicted octanol–water partition coefficient (Wildman–Crippen LogP) is 1.13. The molecule has 0 atom stereocenters. The quantitative estimate of drug-likeness (QED) is 0.862. The molecule has 0 aliphatic carbocycles. The summed E-state index contributed by atoms with van der Waals surface area (Å²) in [6, 6.07) is 4.87. The van der Waals surface area contributed by atoms with Gasteiger partial charge >= 0.3 is 0 Å². The minimum absolute atomic E-state index is 0.189. The van der Waals surface area contributed by atoms with Gasteiger partial charge in [0.1, 0.15) is 0 Å². The fourth-order valence-electron chi connectivity index (χ4n) is 1.40. The molecule has 5 nitrogen and oxygen atoms in total. The second kappa shape index (κ2) is 4.14. The second-order valence-corrected chi connectivity index (χ2v) is 5.63. The third-order valence-corrected chi connectivity index (χ3v) is 3.39. The van der Waals surface area contributed by atoms with Gasteiger partial charge in [0.05, 0.1) is 22.5 Å². The van der Waals surface area contributed by atoms with Crippen molar-refractivity contribution in [1.82, 2.24) is 9.97 Å². The van der Waals surface area contributed by atoms with Crippen LogP contribution in [0.25, 0.3) is 11.3 Å². The summed E-state index contributed by atoms with van der Waals surface area (Å²) in [7, 11) is -3.22. The topological polar surface area (TPSA) is 85.9 Å². The van der Waals surface area contributed by atoms with Crippen LogP contribution in [0.5, 0.6) is 0 Å². The molecule has 0 amide bonds. The van der Waals surface area contributed by atoms with Gasteiger partial charge in [-0.15, -0.1) is 0 Å². The lowest BCUT2D eigenvalue weighted by Crippen LogP contribution is -1.98. The van der Waals surface area contributed by atoms with Crippen LogP contribution in [-0.2, 0) is 9.84 Å². The number of nitrogens with zero attached hydrogens (tertiary/aromatic N) is 2. The maximum atomic E-state index is 11.3. The summed E-state index contributed by atoms with van der Waals surface area (Å²) in [4.78, 5) is 8.16. The lowest BCUT2D eigenvalue weighted by molar-refractivity contribution is 0.601. The van der Waals surface area contributed by atoms with E-state index >= 15 is 0 Å². The Bertz CT molecular complexity index is 636. The Morgan fingerprint density at radius 1 is 1.18 bits per heavy atom. The van der Waals surface area contributed by atoms with Crippen molar-refractivity contribution in [2.24, 2.45) is 0 Å². The highest BCUT2D eigenvalue weighted by atomic mass is 32.2. The Hall–Kier alpha value is -1.95. The van der Waals surface area contributed by atoms with Gasteiger partial charge in [-0.05, 0) is 18.2 Å². The van der Waals surface area contributed by atoms with Gasteiger partial charge < -0.3 is 5.73 Å². The van der Waals surface area contributed by atoms with Crippen LogP contribution < -0.4 is 5.73 Å². The average molecular weight is 249 g/mol. The molecule has 0 aliphatic heterocycles. The van der Waals surface area contributed by atoms with Crippen molar-refractivity contribution in [3.63, 3.8) is 0 Å². The third kappa shape index (κ3) is 2.42. The molecule has 2 N–H and O–H groups in total. The van der Waals surface area contributed by atoms with Gasteiger partial charge in [0, 0.05) is 24.2 Å². The fourth-order valence-corrected chi connectivity index (χ4v) is 1.96. The monoisotopic (exact) mass is 249 g/mol. The molecule has 0 spiro atoms. The first-order chi connectivity index (χ1) is 7.98. The number of hydrogen-bond acceptors (Lipinski definition) is 5. The zero-order valence-corrected chi connectivity index (χ0v) is 9.98. The van der Waals surface area contributed by atoms with Gasteiger partial charge in [0.25, 0.3) is 0 Å². The summed E-state index contributed by atoms with van der Waals surface area (Å²) in [5.74, 6) is 0. The molecule has 6 heteroatoms. The van der Waals surface area contributed by atoms with Crippen LogP contribution in [0, 0.1) is 0 Å². The molecule has 2 heterocycles. The predicted molar refractivity (Wildman–Crippen MR) is 65.0 cm³/mol. The SMILES string of the molecule is CS(=O)(=O)c1ccc(-c2ccncc2N)nc1. The summed E-state index contributed by atoms with van der Waals surface area (Å²) in [5.41, 5.74) is 7.62. The summed E-state index contributed by atoms with van der Waals surface area (Å²) in [6.07, 6.45) is 5.61. The van der Waals surface area contributed by atoms with Gasteiger partial charge in [-0.25, -0.2) is 8.42 Å². The van der Waals surface area contributed by atoms with Crippen molar-refractivity contribution in [3.8, 4) is 11.3 Å². The van der Waals surface area contributed by atoms with E-state index in [-0.39, 0.29) is 4.90 Å². The van der Waals surface area contributed by atoms with E-state index in [9.17, 15) is 8.42 Å². The first kappa shape index (κ1) is 11.5. The van der Waals surface area contributed by atoms with Gasteiger partial charge in [0.2, 0.25) is 0 Å². The van der Waals surface area contributed by atoms with Crippen molar-refractivity contribution >= 4 is 15.5 Å². The minimum atomic E-state index is -3.22. The molecule has 0 fully saturated rings. The molecule has 0 radical (unpaired) electrons. The number of anilines is 1. The van der Waals surface area contributed by atoms with Crippen LogP contribution >= 0.6 is 0 Å². The smallest absolute Gasteiger partial charge is 0.177 e. The fraction of sp³-hybridized carbons (Fsp3) is 0.0909. The number of pyridine rings is 2. The van der Waals surface area contributed by atoms with Crippen molar-refractivity contribution in [3.05, 3.63) is 36.8 Å². The number of nitrogen functional groups attached to an aromatic ring is 1. The molecule has 0 saturated heterocycles. The van der Waals surface area contributed by atoms with Crippen LogP contribution in [0.15, 0.2) is 41.7 Å². The Kier molecular flexibility index (Phi) is 2.81. The van der Waals surface area contributed by atoms with Gasteiger partial charge in [-0.2, -0.15) is 0 Å². The Morgan fingerprint density at radius 3 is 2.47 bits per heavy atom. The lowest BCUT2D eigenvalue weighted by atomic mass is 10.1. The molecule has 88 valence electrons. The molecule has 0 saturated carbocycles. The third-order valence-electron chi connectivity index (χ3n) is 2.29. The Morgan fingerprint density at radius 2 is 1.94 bits per heavy atom. The van der Waals surface area contributed by atoms with E-state index in [0.717, 1.165) is 11.8 Å². The summed E-state index contributed by atoms with van der Waals surface area (Å²) >= 11 is 0. The number of aromatic nitrogens is 2. The van der Waals surface area contributed by atoms with Crippen molar-refractivity contribution in [2.45, 2.75) is 4.90 Å². The molecule has 2 aromatic rings.